The van der Waals surface area contributed by atoms with Gasteiger partial charge >= 0.3 is 0 Å². The van der Waals surface area contributed by atoms with E-state index in [2.05, 4.69) is 203 Å². The third-order valence-electron chi connectivity index (χ3n) is 10.8. The summed E-state index contributed by atoms with van der Waals surface area (Å²) in [5.74, 6) is 1.81. The lowest BCUT2D eigenvalue weighted by atomic mass is 10.0. The smallest absolute Gasteiger partial charge is 0.238 e. The first-order valence-electron chi connectivity index (χ1n) is 18.9. The van der Waals surface area contributed by atoms with E-state index >= 15 is 0 Å². The monoisotopic (exact) mass is 715 g/mol. The first kappa shape index (κ1) is 31.9. The molecule has 0 aliphatic rings. The van der Waals surface area contributed by atoms with Crippen LogP contribution < -0.4 is 0 Å². The minimum atomic E-state index is 0.579. The maximum atomic E-state index is 5.20. The van der Waals surface area contributed by atoms with Crippen LogP contribution in [0.5, 0.6) is 0 Å². The van der Waals surface area contributed by atoms with E-state index < -0.39 is 0 Å². The van der Waals surface area contributed by atoms with E-state index in [1.54, 1.807) is 0 Å². The molecule has 8 aromatic carbocycles. The first-order valence-corrected chi connectivity index (χ1v) is 18.9. The second kappa shape index (κ2) is 13.0. The second-order valence-corrected chi connectivity index (χ2v) is 14.1. The maximum Gasteiger partial charge on any atom is 0.238 e. The highest BCUT2D eigenvalue weighted by molar-refractivity contribution is 6.10. The van der Waals surface area contributed by atoms with Gasteiger partial charge in [-0.2, -0.15) is 9.97 Å². The maximum absolute atomic E-state index is 5.20. The van der Waals surface area contributed by atoms with Crippen LogP contribution in [0.3, 0.4) is 0 Å². The number of hydrogen-bond donors (Lipinski definition) is 0. The van der Waals surface area contributed by atoms with Gasteiger partial charge in [-0.3, -0.25) is 4.57 Å². The molecule has 56 heavy (non-hydrogen) atoms. The van der Waals surface area contributed by atoms with Crippen LogP contribution in [0.1, 0.15) is 0 Å². The Kier molecular flexibility index (Phi) is 7.42. The number of para-hydroxylation sites is 4. The summed E-state index contributed by atoms with van der Waals surface area (Å²) in [5, 5.41) is 4.82. The van der Waals surface area contributed by atoms with Gasteiger partial charge < -0.3 is 4.57 Å². The average molecular weight is 716 g/mol. The van der Waals surface area contributed by atoms with Crippen molar-refractivity contribution in [2.75, 3.05) is 0 Å². The van der Waals surface area contributed by atoms with E-state index in [9.17, 15) is 0 Å². The van der Waals surface area contributed by atoms with Gasteiger partial charge in [-0.15, -0.1) is 0 Å². The fourth-order valence-electron chi connectivity index (χ4n) is 8.17. The topological polar surface area (TPSA) is 48.5 Å². The normalized spacial score (nSPS) is 11.6. The summed E-state index contributed by atoms with van der Waals surface area (Å²) in [4.78, 5) is 15.5. The summed E-state index contributed by atoms with van der Waals surface area (Å²) >= 11 is 0. The molecule has 0 unspecified atom stereocenters. The molecule has 0 N–H and O–H groups in total. The summed E-state index contributed by atoms with van der Waals surface area (Å²) < 4.78 is 4.52. The SMILES string of the molecule is c1ccc(-c2cccc(-c3nc(-c4ccc(-c5cccc(-n6c7ccccc7c7ccccc76)c5)cc4)nc(-n4c5ccccc5c5ccccc54)n3)c2)cc1. The molecule has 5 heteroatoms. The Balaban J connectivity index is 1.04. The van der Waals surface area contributed by atoms with Crippen LogP contribution in [0.2, 0.25) is 0 Å². The van der Waals surface area contributed by atoms with E-state index in [0.717, 1.165) is 60.9 Å². The molecule has 0 aliphatic carbocycles. The van der Waals surface area contributed by atoms with Crippen LogP contribution in [0.4, 0.5) is 0 Å². The fraction of sp³-hybridized carbons (Fsp3) is 0. The second-order valence-electron chi connectivity index (χ2n) is 14.1. The van der Waals surface area contributed by atoms with Crippen molar-refractivity contribution in [3.05, 3.63) is 200 Å². The van der Waals surface area contributed by atoms with Crippen molar-refractivity contribution in [2.24, 2.45) is 0 Å². The summed E-state index contributed by atoms with van der Waals surface area (Å²) in [7, 11) is 0. The van der Waals surface area contributed by atoms with Gasteiger partial charge in [-0.05, 0) is 64.7 Å². The Morgan fingerprint density at radius 2 is 0.679 bits per heavy atom. The Labute approximate surface area is 323 Å². The number of benzene rings is 8. The molecule has 0 amide bonds. The molecule has 0 radical (unpaired) electrons. The lowest BCUT2D eigenvalue weighted by Gasteiger charge is -2.12. The molecule has 0 saturated heterocycles. The van der Waals surface area contributed by atoms with Crippen molar-refractivity contribution in [3.8, 4) is 56.7 Å². The van der Waals surface area contributed by atoms with E-state index in [0.29, 0.717) is 17.6 Å². The predicted molar refractivity (Wildman–Crippen MR) is 230 cm³/mol. The van der Waals surface area contributed by atoms with Gasteiger partial charge in [0.1, 0.15) is 0 Å². The molecule has 0 atom stereocenters. The molecule has 3 aromatic heterocycles. The van der Waals surface area contributed by atoms with Gasteiger partial charge in [-0.1, -0.05) is 158 Å². The molecule has 11 rings (SSSR count). The van der Waals surface area contributed by atoms with E-state index in [1.165, 1.54) is 21.8 Å². The highest BCUT2D eigenvalue weighted by Crippen LogP contribution is 2.35. The van der Waals surface area contributed by atoms with Crippen LogP contribution in [0, 0.1) is 0 Å². The molecule has 11 aromatic rings. The molecular weight excluding hydrogens is 683 g/mol. The van der Waals surface area contributed by atoms with Crippen molar-refractivity contribution < 1.29 is 0 Å². The quantitative estimate of drug-likeness (QED) is 0.172. The van der Waals surface area contributed by atoms with E-state index in [-0.39, 0.29) is 0 Å². The van der Waals surface area contributed by atoms with Gasteiger partial charge in [0, 0.05) is 38.4 Å². The molecule has 0 spiro atoms. The molecule has 0 bridgehead atoms. The minimum Gasteiger partial charge on any atom is -0.309 e. The third kappa shape index (κ3) is 5.29. The van der Waals surface area contributed by atoms with E-state index in [1.807, 2.05) is 6.07 Å². The van der Waals surface area contributed by atoms with Crippen molar-refractivity contribution in [3.63, 3.8) is 0 Å². The van der Waals surface area contributed by atoms with Crippen molar-refractivity contribution in [1.29, 1.82) is 0 Å². The van der Waals surface area contributed by atoms with Gasteiger partial charge in [0.05, 0.1) is 22.1 Å². The zero-order valence-corrected chi connectivity index (χ0v) is 30.3. The van der Waals surface area contributed by atoms with Crippen molar-refractivity contribution in [2.45, 2.75) is 0 Å². The summed E-state index contributed by atoms with van der Waals surface area (Å²) in [6, 6.07) is 70.4. The highest BCUT2D eigenvalue weighted by Gasteiger charge is 2.18. The van der Waals surface area contributed by atoms with Crippen molar-refractivity contribution in [1.82, 2.24) is 24.1 Å². The molecule has 5 nitrogen and oxygen atoms in total. The van der Waals surface area contributed by atoms with Gasteiger partial charge in [-0.25, -0.2) is 4.98 Å². The average Bonchev–Trinajstić information content (AvgIpc) is 3.80. The largest absolute Gasteiger partial charge is 0.309 e. The number of hydrogen-bond acceptors (Lipinski definition) is 3. The number of fused-ring (bicyclic) bond motifs is 6. The lowest BCUT2D eigenvalue weighted by molar-refractivity contribution is 0.953. The Morgan fingerprint density at radius 1 is 0.268 bits per heavy atom. The summed E-state index contributed by atoms with van der Waals surface area (Å²) in [6.07, 6.45) is 0. The summed E-state index contributed by atoms with van der Waals surface area (Å²) in [5.41, 5.74) is 12.0. The summed E-state index contributed by atoms with van der Waals surface area (Å²) in [6.45, 7) is 0. The van der Waals surface area contributed by atoms with Gasteiger partial charge in [0.15, 0.2) is 11.6 Å². The van der Waals surface area contributed by atoms with Crippen molar-refractivity contribution >= 4 is 43.6 Å². The van der Waals surface area contributed by atoms with Crippen LogP contribution in [0.25, 0.3) is 100 Å². The lowest BCUT2D eigenvalue weighted by Crippen LogP contribution is -2.06. The molecular formula is C51H33N5. The van der Waals surface area contributed by atoms with Crippen LogP contribution in [-0.2, 0) is 0 Å². The number of aromatic nitrogens is 5. The van der Waals surface area contributed by atoms with Crippen LogP contribution >= 0.6 is 0 Å². The molecule has 262 valence electrons. The number of nitrogens with zero attached hydrogens (tertiary/aromatic N) is 5. The standard InChI is InChI=1S/C51H33N5/c1-2-14-34(15-3-1)37-16-12-18-39(32-37)50-52-49(53-51(54-50)56-47-26-10-6-22-43(47)44-23-7-11-27-48(44)56)36-30-28-35(29-31-36)38-17-13-19-40(33-38)55-45-24-8-4-20-41(45)42-21-5-9-25-46(42)55/h1-33H. The molecule has 0 fully saturated rings. The Bertz CT molecular complexity index is 3140. The highest BCUT2D eigenvalue weighted by atomic mass is 15.2. The molecule has 0 aliphatic heterocycles. The zero-order chi connectivity index (χ0) is 37.0. The first-order chi connectivity index (χ1) is 27.8. The Hall–Kier alpha value is -7.63. The fourth-order valence-corrected chi connectivity index (χ4v) is 8.17. The van der Waals surface area contributed by atoms with Gasteiger partial charge in [0.2, 0.25) is 5.95 Å². The Morgan fingerprint density at radius 3 is 1.27 bits per heavy atom. The van der Waals surface area contributed by atoms with Gasteiger partial charge in [0.25, 0.3) is 0 Å². The third-order valence-corrected chi connectivity index (χ3v) is 10.8. The molecule has 0 saturated carbocycles. The zero-order valence-electron chi connectivity index (χ0n) is 30.3. The number of rotatable bonds is 6. The van der Waals surface area contributed by atoms with Crippen LogP contribution in [0.15, 0.2) is 200 Å². The molecule has 3 heterocycles. The minimum absolute atomic E-state index is 0.579. The predicted octanol–water partition coefficient (Wildman–Crippen LogP) is 12.7. The van der Waals surface area contributed by atoms with Crippen LogP contribution in [-0.4, -0.2) is 24.1 Å². The van der Waals surface area contributed by atoms with E-state index in [4.69, 9.17) is 15.0 Å².